The Morgan fingerprint density at radius 1 is 1.41 bits per heavy atom. The molecular weight excluding hydrogens is 229 g/mol. The molecule has 0 aliphatic carbocycles. The predicted octanol–water partition coefficient (Wildman–Crippen LogP) is 1.78. The molecule has 0 saturated heterocycles. The van der Waals surface area contributed by atoms with Crippen molar-refractivity contribution in [3.05, 3.63) is 40.5 Å². The van der Waals surface area contributed by atoms with Crippen LogP contribution in [-0.2, 0) is 4.79 Å². The van der Waals surface area contributed by atoms with Crippen molar-refractivity contribution >= 4 is 17.6 Å². The van der Waals surface area contributed by atoms with Crippen LogP contribution in [0.15, 0.2) is 29.4 Å². The van der Waals surface area contributed by atoms with Crippen LogP contribution in [0.5, 0.6) is 0 Å². The van der Waals surface area contributed by atoms with Gasteiger partial charge in [-0.3, -0.25) is 10.1 Å². The van der Waals surface area contributed by atoms with Crippen LogP contribution in [0, 0.1) is 5.82 Å². The molecule has 0 bridgehead atoms. The monoisotopic (exact) mass is 237 g/mol. The maximum atomic E-state index is 13.1. The van der Waals surface area contributed by atoms with E-state index in [0.29, 0.717) is 0 Å². The topological polar surface area (TPSA) is 107 Å². The summed E-state index contributed by atoms with van der Waals surface area (Å²) in [4.78, 5) is 24.5. The number of carbonyl (C=O) groups is 2. The molecule has 0 unspecified atom stereocenters. The first-order chi connectivity index (χ1) is 8.13. The third-order valence-electron chi connectivity index (χ3n) is 1.65. The summed E-state index contributed by atoms with van der Waals surface area (Å²) < 4.78 is 13.1. The minimum absolute atomic E-state index is 0.0541. The minimum Gasteiger partial charge on any atom is -0.305 e. The van der Waals surface area contributed by atoms with E-state index in [-0.39, 0.29) is 5.69 Å². The minimum atomic E-state index is -0.895. The Kier molecular flexibility index (Phi) is 4.46. The zero-order valence-electron chi connectivity index (χ0n) is 8.55. The molecule has 1 rings (SSSR count). The Morgan fingerprint density at radius 3 is 2.76 bits per heavy atom. The van der Waals surface area contributed by atoms with Crippen LogP contribution in [0.4, 0.5) is 14.9 Å². The highest BCUT2D eigenvalue weighted by Gasteiger charge is 2.08. The van der Waals surface area contributed by atoms with E-state index in [2.05, 4.69) is 15.3 Å². The van der Waals surface area contributed by atoms with Gasteiger partial charge in [0.25, 0.3) is 0 Å². The molecule has 0 heterocycles. The summed E-state index contributed by atoms with van der Waals surface area (Å²) in [5.41, 5.74) is 7.89. The number of hydrogen-bond donors (Lipinski definition) is 2. The second-order valence-electron chi connectivity index (χ2n) is 2.87. The quantitative estimate of drug-likeness (QED) is 0.475. The van der Waals surface area contributed by atoms with E-state index in [4.69, 9.17) is 5.53 Å². The van der Waals surface area contributed by atoms with Crippen LogP contribution in [0.3, 0.4) is 0 Å². The highest BCUT2D eigenvalue weighted by molar-refractivity contribution is 6.01. The molecule has 0 aromatic heterocycles. The molecule has 88 valence electrons. The first kappa shape index (κ1) is 12.5. The molecule has 7 nitrogen and oxygen atoms in total. The van der Waals surface area contributed by atoms with Crippen molar-refractivity contribution in [3.8, 4) is 0 Å². The largest absolute Gasteiger partial charge is 0.325 e. The van der Waals surface area contributed by atoms with Crippen LogP contribution in [-0.4, -0.2) is 18.5 Å². The number of nitrogens with one attached hydrogen (secondary N) is 2. The van der Waals surface area contributed by atoms with Gasteiger partial charge in [-0.05, 0) is 17.7 Å². The molecule has 0 spiro atoms. The maximum Gasteiger partial charge on any atom is 0.325 e. The molecule has 8 heteroatoms. The van der Waals surface area contributed by atoms with Gasteiger partial charge in [0.1, 0.15) is 12.4 Å². The molecular formula is C9H8FN5O2. The van der Waals surface area contributed by atoms with Crippen LogP contribution < -0.4 is 10.6 Å². The molecule has 0 atom stereocenters. The number of urea groups is 1. The first-order valence-corrected chi connectivity index (χ1v) is 4.49. The van der Waals surface area contributed by atoms with E-state index >= 15 is 0 Å². The lowest BCUT2D eigenvalue weighted by atomic mass is 10.3. The van der Waals surface area contributed by atoms with Gasteiger partial charge in [-0.15, -0.1) is 0 Å². The second-order valence-corrected chi connectivity index (χ2v) is 2.87. The van der Waals surface area contributed by atoms with E-state index in [1.54, 1.807) is 0 Å². The van der Waals surface area contributed by atoms with Crippen molar-refractivity contribution in [3.63, 3.8) is 0 Å². The van der Waals surface area contributed by atoms with Crippen molar-refractivity contribution in [1.29, 1.82) is 0 Å². The van der Waals surface area contributed by atoms with Gasteiger partial charge in [0.2, 0.25) is 5.91 Å². The number of hydrogen-bond acceptors (Lipinski definition) is 3. The van der Waals surface area contributed by atoms with Crippen LogP contribution in [0.25, 0.3) is 10.4 Å². The van der Waals surface area contributed by atoms with E-state index in [1.807, 2.05) is 5.32 Å². The maximum absolute atomic E-state index is 13.1. The summed E-state index contributed by atoms with van der Waals surface area (Å²) in [6.45, 7) is -0.499. The Labute approximate surface area is 95.2 Å². The number of amides is 3. The summed E-state index contributed by atoms with van der Waals surface area (Å²) in [5, 5.41) is 6.97. The first-order valence-electron chi connectivity index (χ1n) is 4.49. The smallest absolute Gasteiger partial charge is 0.305 e. The lowest BCUT2D eigenvalue weighted by Crippen LogP contribution is -2.35. The summed E-state index contributed by atoms with van der Waals surface area (Å²) in [6.07, 6.45) is 0. The highest BCUT2D eigenvalue weighted by Crippen LogP contribution is 2.11. The normalized spacial score (nSPS) is 9.00. The molecule has 0 aliphatic heterocycles. The van der Waals surface area contributed by atoms with Gasteiger partial charge in [-0.1, -0.05) is 17.2 Å². The average molecular weight is 237 g/mol. The zero-order chi connectivity index (χ0) is 12.7. The number of halogens is 1. The standard InChI is InChI=1S/C9H8FN5O2/c10-6-3-1-2-4-7(6)13-9(17)14-8(16)5-12-15-11/h1-4H,5H2,(H2,13,14,16,17). The lowest BCUT2D eigenvalue weighted by Gasteiger charge is -2.06. The fourth-order valence-corrected chi connectivity index (χ4v) is 0.978. The van der Waals surface area contributed by atoms with Gasteiger partial charge in [0.15, 0.2) is 0 Å². The highest BCUT2D eigenvalue weighted by atomic mass is 19.1. The summed E-state index contributed by atoms with van der Waals surface area (Å²) >= 11 is 0. The van der Waals surface area contributed by atoms with Crippen LogP contribution in [0.1, 0.15) is 0 Å². The van der Waals surface area contributed by atoms with E-state index in [9.17, 15) is 14.0 Å². The summed E-state index contributed by atoms with van der Waals surface area (Å²) in [5.74, 6) is -1.40. The van der Waals surface area contributed by atoms with Crippen molar-refractivity contribution in [2.45, 2.75) is 0 Å². The third-order valence-corrected chi connectivity index (χ3v) is 1.65. The van der Waals surface area contributed by atoms with Gasteiger partial charge < -0.3 is 5.32 Å². The number of para-hydroxylation sites is 1. The van der Waals surface area contributed by atoms with E-state index in [0.717, 1.165) is 6.07 Å². The van der Waals surface area contributed by atoms with Gasteiger partial charge in [0, 0.05) is 4.91 Å². The molecule has 0 saturated carbocycles. The van der Waals surface area contributed by atoms with Crippen molar-refractivity contribution in [2.24, 2.45) is 5.11 Å². The van der Waals surface area contributed by atoms with Gasteiger partial charge in [-0.2, -0.15) is 0 Å². The zero-order valence-corrected chi connectivity index (χ0v) is 8.55. The number of rotatable bonds is 3. The average Bonchev–Trinajstić information content (AvgIpc) is 2.29. The molecule has 3 amide bonds. The second kappa shape index (κ2) is 6.09. The van der Waals surface area contributed by atoms with Crippen molar-refractivity contribution in [1.82, 2.24) is 5.32 Å². The third kappa shape index (κ3) is 4.18. The Balaban J connectivity index is 2.53. The molecule has 1 aromatic rings. The van der Waals surface area contributed by atoms with Gasteiger partial charge in [0.05, 0.1) is 5.69 Å². The van der Waals surface area contributed by atoms with Crippen molar-refractivity contribution in [2.75, 3.05) is 11.9 Å². The number of anilines is 1. The predicted molar refractivity (Wildman–Crippen MR) is 57.6 cm³/mol. The number of carbonyl (C=O) groups excluding carboxylic acids is 2. The molecule has 1 aromatic carbocycles. The molecule has 0 radical (unpaired) electrons. The summed E-state index contributed by atoms with van der Waals surface area (Å²) in [7, 11) is 0. The molecule has 17 heavy (non-hydrogen) atoms. The molecule has 0 fully saturated rings. The molecule has 0 aliphatic rings. The van der Waals surface area contributed by atoms with E-state index in [1.165, 1.54) is 18.2 Å². The van der Waals surface area contributed by atoms with Crippen LogP contribution >= 0.6 is 0 Å². The lowest BCUT2D eigenvalue weighted by molar-refractivity contribution is -0.118. The molecule has 2 N–H and O–H groups in total. The Bertz CT molecular complexity index is 484. The number of azide groups is 1. The number of benzene rings is 1. The SMILES string of the molecule is [N-]=[N+]=NCC(=O)NC(=O)Nc1ccccc1F. The van der Waals surface area contributed by atoms with Gasteiger partial charge in [-0.25, -0.2) is 9.18 Å². The Morgan fingerprint density at radius 2 is 2.12 bits per heavy atom. The fraction of sp³-hybridized carbons (Fsp3) is 0.111. The number of nitrogens with zero attached hydrogens (tertiary/aromatic N) is 3. The van der Waals surface area contributed by atoms with E-state index < -0.39 is 24.3 Å². The van der Waals surface area contributed by atoms with Crippen LogP contribution in [0.2, 0.25) is 0 Å². The van der Waals surface area contributed by atoms with Crippen molar-refractivity contribution < 1.29 is 14.0 Å². The summed E-state index contributed by atoms with van der Waals surface area (Å²) in [6, 6.07) is 4.60. The fourth-order valence-electron chi connectivity index (χ4n) is 0.978. The Hall–Kier alpha value is -2.60. The number of imide groups is 1. The van der Waals surface area contributed by atoms with Gasteiger partial charge >= 0.3 is 6.03 Å².